The fraction of sp³-hybridized carbons (Fsp3) is 0.111. The third-order valence-corrected chi connectivity index (χ3v) is 9.48. The number of hydrogen-bond donors (Lipinski definition) is 0. The molecule has 0 aliphatic heterocycles. The van der Waals surface area contributed by atoms with Crippen LogP contribution in [0, 0.1) is 23.7 Å². The Hall–Kier alpha value is -4.08. The Balaban J connectivity index is 1.10. The van der Waals surface area contributed by atoms with Crippen molar-refractivity contribution in [2.24, 2.45) is 0 Å². The molecule has 2 aromatic heterocycles. The number of thiophene rings is 2. The van der Waals surface area contributed by atoms with Gasteiger partial charge in [0, 0.05) is 54.2 Å². The van der Waals surface area contributed by atoms with Crippen molar-refractivity contribution in [1.29, 1.82) is 0 Å². The smallest absolute Gasteiger partial charge is 0.0430 e. The molecule has 38 heavy (non-hydrogen) atoms. The van der Waals surface area contributed by atoms with Gasteiger partial charge in [0.15, 0.2) is 0 Å². The van der Waals surface area contributed by atoms with E-state index in [1.54, 1.807) is 0 Å². The van der Waals surface area contributed by atoms with Gasteiger partial charge >= 0.3 is 0 Å². The fourth-order valence-corrected chi connectivity index (χ4v) is 7.63. The summed E-state index contributed by atoms with van der Waals surface area (Å²) in [5, 5.41) is 2.71. The van der Waals surface area contributed by atoms with Crippen LogP contribution in [0.4, 0.5) is 0 Å². The van der Waals surface area contributed by atoms with Crippen LogP contribution in [0.25, 0.3) is 42.4 Å². The van der Waals surface area contributed by atoms with E-state index in [-0.39, 0.29) is 0 Å². The highest BCUT2D eigenvalue weighted by molar-refractivity contribution is 7.20. The zero-order valence-electron chi connectivity index (χ0n) is 20.9. The molecule has 0 radical (unpaired) electrons. The van der Waals surface area contributed by atoms with Gasteiger partial charge in [-0.2, -0.15) is 0 Å². The molecule has 0 nitrogen and oxygen atoms in total. The summed E-state index contributed by atoms with van der Waals surface area (Å²) in [6, 6.07) is 34.5. The first-order valence-electron chi connectivity index (χ1n) is 13.0. The molecule has 180 valence electrons. The van der Waals surface area contributed by atoms with Crippen LogP contribution in [0.15, 0.2) is 97.1 Å². The maximum Gasteiger partial charge on any atom is 0.0430 e. The molecule has 6 aromatic rings. The Morgan fingerprint density at radius 2 is 0.947 bits per heavy atom. The van der Waals surface area contributed by atoms with Gasteiger partial charge in [-0.25, -0.2) is 0 Å². The average molecular weight is 521 g/mol. The minimum Gasteiger partial charge on any atom is -0.140 e. The molecule has 7 rings (SSSR count). The summed E-state index contributed by atoms with van der Waals surface area (Å²) >= 11 is 3.88. The Bertz CT molecular complexity index is 1760. The van der Waals surface area contributed by atoms with E-state index >= 15 is 0 Å². The van der Waals surface area contributed by atoms with E-state index in [4.69, 9.17) is 0 Å². The van der Waals surface area contributed by atoms with Crippen LogP contribution in [0.5, 0.6) is 0 Å². The molecule has 0 saturated heterocycles. The molecule has 0 unspecified atom stereocenters. The van der Waals surface area contributed by atoms with Gasteiger partial charge in [0.25, 0.3) is 0 Å². The second kappa shape index (κ2) is 10.00. The van der Waals surface area contributed by atoms with Crippen molar-refractivity contribution >= 4 is 42.8 Å². The molecule has 0 N–H and O–H groups in total. The average Bonchev–Trinajstić information content (AvgIpc) is 3.54. The van der Waals surface area contributed by atoms with E-state index in [1.165, 1.54) is 52.2 Å². The first kappa shape index (κ1) is 23.1. The molecule has 1 aliphatic carbocycles. The van der Waals surface area contributed by atoms with Gasteiger partial charge in [0.1, 0.15) is 0 Å². The quantitative estimate of drug-likeness (QED) is 0.203. The summed E-state index contributed by atoms with van der Waals surface area (Å²) in [6.07, 6.45) is 3.77. The van der Waals surface area contributed by atoms with Gasteiger partial charge in [0.05, 0.1) is 0 Å². The van der Waals surface area contributed by atoms with E-state index in [2.05, 4.69) is 84.3 Å². The molecule has 0 saturated carbocycles. The lowest BCUT2D eigenvalue weighted by Crippen LogP contribution is -1.98. The van der Waals surface area contributed by atoms with Crippen molar-refractivity contribution in [3.05, 3.63) is 118 Å². The molecule has 0 amide bonds. The fourth-order valence-electron chi connectivity index (χ4n) is 5.19. The molecule has 2 heteroatoms. The second-order valence-electron chi connectivity index (χ2n) is 9.57. The van der Waals surface area contributed by atoms with Gasteiger partial charge in [-0.05, 0) is 71.1 Å². The van der Waals surface area contributed by atoms with Crippen LogP contribution in [-0.4, -0.2) is 0 Å². The maximum absolute atomic E-state index is 3.35. The van der Waals surface area contributed by atoms with Crippen LogP contribution in [0.2, 0.25) is 0 Å². The van der Waals surface area contributed by atoms with E-state index in [1.807, 2.05) is 59.1 Å². The molecular weight excluding hydrogens is 497 g/mol. The normalized spacial score (nSPS) is 11.2. The standard InChI is InChI=1S/C36H24S2/c1-3-11-25(12-4-1)15-7-9-17-29-23-27-19-21-31-33(35(27)37-29)32-22-20-28-24-30(38-36(28)34(31)32)18-10-8-16-26-13-5-2-6-14-26/h1-6,11-14,19-24H,9-10,17-18H2. The van der Waals surface area contributed by atoms with Crippen LogP contribution in [-0.2, 0) is 12.8 Å². The van der Waals surface area contributed by atoms with Gasteiger partial charge < -0.3 is 0 Å². The Kier molecular flexibility index (Phi) is 6.07. The summed E-state index contributed by atoms with van der Waals surface area (Å²) in [4.78, 5) is 2.83. The SMILES string of the molecule is C(#Cc1ccccc1)CCc1cc2ccc3c(c2s1)-c1ccc2cc(CCC#Cc4ccccc4)sc2c1-3. The van der Waals surface area contributed by atoms with Crippen molar-refractivity contribution in [3.63, 3.8) is 0 Å². The summed E-state index contributed by atoms with van der Waals surface area (Å²) in [7, 11) is 0. The highest BCUT2D eigenvalue weighted by atomic mass is 32.1. The van der Waals surface area contributed by atoms with Crippen molar-refractivity contribution in [2.45, 2.75) is 25.7 Å². The number of benzene rings is 4. The van der Waals surface area contributed by atoms with E-state index in [9.17, 15) is 0 Å². The maximum atomic E-state index is 3.35. The van der Waals surface area contributed by atoms with Crippen molar-refractivity contribution in [1.82, 2.24) is 0 Å². The highest BCUT2D eigenvalue weighted by Crippen LogP contribution is 2.56. The molecule has 4 aromatic carbocycles. The summed E-state index contributed by atoms with van der Waals surface area (Å²) in [5.74, 6) is 13.3. The topological polar surface area (TPSA) is 0 Å². The molecule has 0 fully saturated rings. The first-order valence-corrected chi connectivity index (χ1v) is 14.7. The van der Waals surface area contributed by atoms with Gasteiger partial charge in [-0.1, -0.05) is 84.3 Å². The Labute approximate surface area is 231 Å². The second-order valence-corrected chi connectivity index (χ2v) is 11.8. The number of hydrogen-bond acceptors (Lipinski definition) is 2. The molecule has 0 bridgehead atoms. The van der Waals surface area contributed by atoms with Crippen LogP contribution >= 0.6 is 22.7 Å². The van der Waals surface area contributed by atoms with Crippen molar-refractivity contribution in [3.8, 4) is 45.9 Å². The lowest BCUT2D eigenvalue weighted by atomic mass is 9.79. The largest absolute Gasteiger partial charge is 0.140 e. The highest BCUT2D eigenvalue weighted by Gasteiger charge is 2.28. The van der Waals surface area contributed by atoms with E-state index in [0.717, 1.165) is 36.8 Å². The first-order chi connectivity index (χ1) is 18.8. The number of fused-ring (bicyclic) bond motifs is 8. The monoisotopic (exact) mass is 520 g/mol. The molecule has 0 spiro atoms. The summed E-state index contributed by atoms with van der Waals surface area (Å²) < 4.78 is 2.85. The summed E-state index contributed by atoms with van der Waals surface area (Å²) in [6.45, 7) is 0. The molecule has 0 atom stereocenters. The number of aryl methyl sites for hydroxylation is 2. The molecule has 1 aliphatic rings. The Morgan fingerprint density at radius 3 is 1.39 bits per heavy atom. The zero-order valence-corrected chi connectivity index (χ0v) is 22.5. The minimum atomic E-state index is 0.884. The van der Waals surface area contributed by atoms with Crippen molar-refractivity contribution in [2.75, 3.05) is 0 Å². The van der Waals surface area contributed by atoms with Gasteiger partial charge in [-0.3, -0.25) is 0 Å². The lowest BCUT2D eigenvalue weighted by Gasteiger charge is -2.25. The Morgan fingerprint density at radius 1 is 0.500 bits per heavy atom. The lowest BCUT2D eigenvalue weighted by molar-refractivity contribution is 1.06. The molecule has 2 heterocycles. The molecular formula is C36H24S2. The van der Waals surface area contributed by atoms with Crippen LogP contribution in [0.3, 0.4) is 0 Å². The predicted octanol–water partition coefficient (Wildman–Crippen LogP) is 9.73. The van der Waals surface area contributed by atoms with Gasteiger partial charge in [0.2, 0.25) is 0 Å². The van der Waals surface area contributed by atoms with Gasteiger partial charge in [-0.15, -0.1) is 22.7 Å². The third-order valence-electron chi connectivity index (χ3n) is 7.02. The van der Waals surface area contributed by atoms with Crippen molar-refractivity contribution < 1.29 is 0 Å². The van der Waals surface area contributed by atoms with E-state index < -0.39 is 0 Å². The third kappa shape index (κ3) is 4.33. The summed E-state index contributed by atoms with van der Waals surface area (Å²) in [5.41, 5.74) is 7.87. The zero-order chi connectivity index (χ0) is 25.3. The van der Waals surface area contributed by atoms with Crippen LogP contribution < -0.4 is 0 Å². The number of rotatable bonds is 4. The minimum absolute atomic E-state index is 0.884. The predicted molar refractivity (Wildman–Crippen MR) is 165 cm³/mol. The van der Waals surface area contributed by atoms with E-state index in [0.29, 0.717) is 0 Å². The van der Waals surface area contributed by atoms with Crippen LogP contribution in [0.1, 0.15) is 33.7 Å².